The van der Waals surface area contributed by atoms with Gasteiger partial charge in [0.05, 0.1) is 0 Å². The van der Waals surface area contributed by atoms with Crippen LogP contribution in [0.15, 0.2) is 0 Å². The Kier molecular flexibility index (Phi) is 9.68. The lowest BCUT2D eigenvalue weighted by molar-refractivity contribution is -0.137. The van der Waals surface area contributed by atoms with Crippen LogP contribution in [0.1, 0.15) is 65.2 Å². The molecule has 4 nitrogen and oxygen atoms in total. The molecule has 0 bridgehead atoms. The van der Waals surface area contributed by atoms with Gasteiger partial charge in [-0.15, -0.1) is 0 Å². The Morgan fingerprint density at radius 1 is 1.19 bits per heavy atom. The molecule has 1 amide bonds. The smallest absolute Gasteiger partial charge is 0.225 e. The van der Waals surface area contributed by atoms with Gasteiger partial charge in [0.1, 0.15) is 0 Å². The van der Waals surface area contributed by atoms with E-state index in [1.165, 1.54) is 25.7 Å². The van der Waals surface area contributed by atoms with E-state index in [2.05, 4.69) is 19.2 Å². The first-order valence-corrected chi connectivity index (χ1v) is 8.82. The van der Waals surface area contributed by atoms with Crippen LogP contribution in [0.25, 0.3) is 0 Å². The van der Waals surface area contributed by atoms with Gasteiger partial charge in [0, 0.05) is 31.7 Å². The summed E-state index contributed by atoms with van der Waals surface area (Å²) in [5.74, 6) is 0.489. The Balaban J connectivity index is 2.40. The molecule has 2 unspecified atom stereocenters. The Bertz CT molecular complexity index is 284. The van der Waals surface area contributed by atoms with E-state index in [0.29, 0.717) is 24.9 Å². The topological polar surface area (TPSA) is 52.6 Å². The Morgan fingerprint density at radius 3 is 2.57 bits per heavy atom. The van der Waals surface area contributed by atoms with Crippen molar-refractivity contribution in [3.8, 4) is 0 Å². The van der Waals surface area contributed by atoms with Crippen LogP contribution < -0.4 is 5.32 Å². The molecule has 0 aromatic rings. The van der Waals surface area contributed by atoms with Crippen LogP contribution >= 0.6 is 0 Å². The number of nitrogens with zero attached hydrogens (tertiary/aromatic N) is 1. The first-order valence-electron chi connectivity index (χ1n) is 8.82. The minimum Gasteiger partial charge on any atom is -0.396 e. The fourth-order valence-electron chi connectivity index (χ4n) is 3.11. The van der Waals surface area contributed by atoms with E-state index in [1.807, 2.05) is 4.90 Å². The third-order valence-corrected chi connectivity index (χ3v) is 4.40. The number of amides is 1. The molecule has 0 aromatic heterocycles. The monoisotopic (exact) mass is 298 g/mol. The van der Waals surface area contributed by atoms with E-state index < -0.39 is 0 Å². The van der Waals surface area contributed by atoms with Crippen molar-refractivity contribution in [3.05, 3.63) is 0 Å². The molecule has 0 aromatic carbocycles. The van der Waals surface area contributed by atoms with Crippen molar-refractivity contribution in [1.29, 1.82) is 0 Å². The molecule has 0 radical (unpaired) electrons. The second kappa shape index (κ2) is 11.0. The molecule has 2 N–H and O–H groups in total. The molecule has 1 aliphatic heterocycles. The standard InChI is InChI=1S/C17H34N2O2/c1-3-4-5-6-7-11-19(12-8-13-20)17(21)16-9-10-18-15(2)14-16/h15-16,18,20H,3-14H2,1-2H3. The normalized spacial score (nSPS) is 22.2. The van der Waals surface area contributed by atoms with E-state index >= 15 is 0 Å². The van der Waals surface area contributed by atoms with Gasteiger partial charge in [0.2, 0.25) is 5.91 Å². The fourth-order valence-corrected chi connectivity index (χ4v) is 3.11. The lowest BCUT2D eigenvalue weighted by atomic mass is 9.92. The summed E-state index contributed by atoms with van der Waals surface area (Å²) in [5.41, 5.74) is 0. The second-order valence-electron chi connectivity index (χ2n) is 6.39. The maximum Gasteiger partial charge on any atom is 0.225 e. The van der Waals surface area contributed by atoms with Gasteiger partial charge >= 0.3 is 0 Å². The van der Waals surface area contributed by atoms with Gasteiger partial charge in [-0.2, -0.15) is 0 Å². The van der Waals surface area contributed by atoms with Gasteiger partial charge in [-0.25, -0.2) is 0 Å². The first-order chi connectivity index (χ1) is 10.2. The quantitative estimate of drug-likeness (QED) is 0.609. The predicted octanol–water partition coefficient (Wildman–Crippen LogP) is 2.56. The lowest BCUT2D eigenvalue weighted by Crippen LogP contribution is -2.44. The van der Waals surface area contributed by atoms with Crippen LogP contribution in [-0.2, 0) is 4.79 Å². The van der Waals surface area contributed by atoms with Gasteiger partial charge in [0.25, 0.3) is 0 Å². The van der Waals surface area contributed by atoms with Gasteiger partial charge in [0.15, 0.2) is 0 Å². The zero-order valence-electron chi connectivity index (χ0n) is 13.9. The number of hydrogen-bond donors (Lipinski definition) is 2. The zero-order valence-corrected chi connectivity index (χ0v) is 13.9. The lowest BCUT2D eigenvalue weighted by Gasteiger charge is -2.32. The number of carbonyl (C=O) groups is 1. The van der Waals surface area contributed by atoms with Crippen molar-refractivity contribution in [2.45, 2.75) is 71.3 Å². The molecular weight excluding hydrogens is 264 g/mol. The van der Waals surface area contributed by atoms with Crippen LogP contribution in [0, 0.1) is 5.92 Å². The molecule has 1 aliphatic rings. The highest BCUT2D eigenvalue weighted by Crippen LogP contribution is 2.19. The minimum atomic E-state index is 0.169. The molecule has 0 saturated carbocycles. The molecule has 21 heavy (non-hydrogen) atoms. The average molecular weight is 298 g/mol. The largest absolute Gasteiger partial charge is 0.396 e. The van der Waals surface area contributed by atoms with Crippen molar-refractivity contribution in [1.82, 2.24) is 10.2 Å². The van der Waals surface area contributed by atoms with Crippen LogP contribution in [0.3, 0.4) is 0 Å². The van der Waals surface area contributed by atoms with Crippen molar-refractivity contribution < 1.29 is 9.90 Å². The molecular formula is C17H34N2O2. The van der Waals surface area contributed by atoms with Gasteiger partial charge in [-0.05, 0) is 39.2 Å². The van der Waals surface area contributed by atoms with E-state index in [4.69, 9.17) is 5.11 Å². The summed E-state index contributed by atoms with van der Waals surface area (Å²) >= 11 is 0. The third kappa shape index (κ3) is 7.28. The van der Waals surface area contributed by atoms with Crippen molar-refractivity contribution in [3.63, 3.8) is 0 Å². The summed E-state index contributed by atoms with van der Waals surface area (Å²) in [6.07, 6.45) is 8.71. The van der Waals surface area contributed by atoms with Gasteiger partial charge < -0.3 is 15.3 Å². The highest BCUT2D eigenvalue weighted by Gasteiger charge is 2.28. The van der Waals surface area contributed by atoms with Crippen LogP contribution in [-0.4, -0.2) is 48.2 Å². The molecule has 4 heteroatoms. The maximum atomic E-state index is 12.7. The average Bonchev–Trinajstić information content (AvgIpc) is 2.49. The minimum absolute atomic E-state index is 0.169. The number of nitrogens with one attached hydrogen (secondary N) is 1. The molecule has 1 fully saturated rings. The SMILES string of the molecule is CCCCCCCN(CCCO)C(=O)C1CCNC(C)C1. The number of hydrogen-bond acceptors (Lipinski definition) is 3. The highest BCUT2D eigenvalue weighted by molar-refractivity contribution is 5.79. The summed E-state index contributed by atoms with van der Waals surface area (Å²) in [6.45, 7) is 7.06. The summed E-state index contributed by atoms with van der Waals surface area (Å²) < 4.78 is 0. The van der Waals surface area contributed by atoms with E-state index in [-0.39, 0.29) is 12.5 Å². The van der Waals surface area contributed by atoms with Crippen LogP contribution in [0.2, 0.25) is 0 Å². The van der Waals surface area contributed by atoms with E-state index in [1.54, 1.807) is 0 Å². The van der Waals surface area contributed by atoms with Gasteiger partial charge in [-0.1, -0.05) is 32.6 Å². The number of aliphatic hydroxyl groups excluding tert-OH is 1. The molecule has 1 heterocycles. The number of piperidine rings is 1. The number of aliphatic hydroxyl groups is 1. The van der Waals surface area contributed by atoms with Gasteiger partial charge in [-0.3, -0.25) is 4.79 Å². The fraction of sp³-hybridized carbons (Fsp3) is 0.941. The van der Waals surface area contributed by atoms with Crippen LogP contribution in [0.4, 0.5) is 0 Å². The van der Waals surface area contributed by atoms with Crippen LogP contribution in [0.5, 0.6) is 0 Å². The molecule has 0 aliphatic carbocycles. The zero-order chi connectivity index (χ0) is 15.5. The Morgan fingerprint density at radius 2 is 1.90 bits per heavy atom. The second-order valence-corrected chi connectivity index (χ2v) is 6.39. The Labute approximate surface area is 130 Å². The number of rotatable bonds is 10. The number of carbonyl (C=O) groups excluding carboxylic acids is 1. The number of unbranched alkanes of at least 4 members (excludes halogenated alkanes) is 4. The molecule has 124 valence electrons. The summed E-state index contributed by atoms with van der Waals surface area (Å²) in [6, 6.07) is 0.442. The van der Waals surface area contributed by atoms with E-state index in [0.717, 1.165) is 32.4 Å². The highest BCUT2D eigenvalue weighted by atomic mass is 16.3. The van der Waals surface area contributed by atoms with Crippen molar-refractivity contribution >= 4 is 5.91 Å². The maximum absolute atomic E-state index is 12.7. The van der Waals surface area contributed by atoms with Crippen molar-refractivity contribution in [2.75, 3.05) is 26.2 Å². The molecule has 1 saturated heterocycles. The summed E-state index contributed by atoms with van der Waals surface area (Å²) in [5, 5.41) is 12.4. The Hall–Kier alpha value is -0.610. The summed E-state index contributed by atoms with van der Waals surface area (Å²) in [4.78, 5) is 14.7. The first kappa shape index (κ1) is 18.4. The third-order valence-electron chi connectivity index (χ3n) is 4.40. The molecule has 2 atom stereocenters. The predicted molar refractivity (Wildman–Crippen MR) is 87.2 cm³/mol. The van der Waals surface area contributed by atoms with E-state index in [9.17, 15) is 4.79 Å². The summed E-state index contributed by atoms with van der Waals surface area (Å²) in [7, 11) is 0. The molecule has 1 rings (SSSR count). The molecule has 0 spiro atoms. The van der Waals surface area contributed by atoms with Crippen molar-refractivity contribution in [2.24, 2.45) is 5.92 Å².